The van der Waals surface area contributed by atoms with Crippen LogP contribution in [0.5, 0.6) is 0 Å². The Morgan fingerprint density at radius 1 is 1.06 bits per heavy atom. The fourth-order valence-electron chi connectivity index (χ4n) is 1.86. The molecule has 0 radical (unpaired) electrons. The van der Waals surface area contributed by atoms with Crippen LogP contribution in [0.15, 0.2) is 39.9 Å². The van der Waals surface area contributed by atoms with Crippen LogP contribution in [0.1, 0.15) is 25.3 Å². The summed E-state index contributed by atoms with van der Waals surface area (Å²) < 4.78 is 0. The lowest BCUT2D eigenvalue weighted by Gasteiger charge is -2.03. The average molecular weight is 244 g/mol. The number of aryl methyl sites for hydroxylation is 1. The van der Waals surface area contributed by atoms with Crippen LogP contribution in [0.4, 0.5) is 0 Å². The largest absolute Gasteiger partial charge is 0.326 e. The van der Waals surface area contributed by atoms with Gasteiger partial charge in [-0.15, -0.1) is 0 Å². The van der Waals surface area contributed by atoms with Crippen LogP contribution in [0.3, 0.4) is 0 Å². The van der Waals surface area contributed by atoms with Gasteiger partial charge in [-0.3, -0.25) is 9.78 Å². The Kier molecular flexibility index (Phi) is 3.77. The Morgan fingerprint density at radius 2 is 1.78 bits per heavy atom. The van der Waals surface area contributed by atoms with E-state index in [-0.39, 0.29) is 5.56 Å². The molecule has 0 bridgehead atoms. The van der Waals surface area contributed by atoms with Gasteiger partial charge in [0.2, 0.25) is 0 Å². The first-order chi connectivity index (χ1) is 8.69. The minimum atomic E-state index is -0.479. The minimum Gasteiger partial charge on any atom is -0.307 e. The summed E-state index contributed by atoms with van der Waals surface area (Å²) in [7, 11) is 0. The topological polar surface area (TPSA) is 65.7 Å². The van der Waals surface area contributed by atoms with Crippen molar-refractivity contribution in [2.24, 2.45) is 0 Å². The third-order valence-corrected chi connectivity index (χ3v) is 2.84. The van der Waals surface area contributed by atoms with Gasteiger partial charge in [0.1, 0.15) is 0 Å². The molecule has 1 heterocycles. The summed E-state index contributed by atoms with van der Waals surface area (Å²) in [6.45, 7) is 2.16. The number of hydrogen-bond donors (Lipinski definition) is 2. The van der Waals surface area contributed by atoms with E-state index in [2.05, 4.69) is 16.9 Å². The van der Waals surface area contributed by atoms with Crippen molar-refractivity contribution >= 4 is 0 Å². The van der Waals surface area contributed by atoms with Gasteiger partial charge in [-0.05, 0) is 24.0 Å². The van der Waals surface area contributed by atoms with E-state index in [1.165, 1.54) is 24.5 Å². The van der Waals surface area contributed by atoms with Crippen molar-refractivity contribution in [1.82, 2.24) is 9.97 Å². The maximum Gasteiger partial charge on any atom is 0.326 e. The Labute approximate surface area is 105 Å². The Morgan fingerprint density at radius 3 is 2.39 bits per heavy atom. The molecule has 94 valence electrons. The molecule has 2 N–H and O–H groups in total. The fraction of sp³-hybridized carbons (Fsp3) is 0.286. The second-order valence-electron chi connectivity index (χ2n) is 4.30. The third-order valence-electron chi connectivity index (χ3n) is 2.84. The van der Waals surface area contributed by atoms with Gasteiger partial charge >= 0.3 is 5.69 Å². The van der Waals surface area contributed by atoms with Crippen molar-refractivity contribution in [3.8, 4) is 11.3 Å². The smallest absolute Gasteiger partial charge is 0.307 e. The summed E-state index contributed by atoms with van der Waals surface area (Å²) in [5.41, 5.74) is 1.80. The number of benzene rings is 1. The van der Waals surface area contributed by atoms with E-state index in [0.29, 0.717) is 5.69 Å². The second-order valence-corrected chi connectivity index (χ2v) is 4.30. The zero-order valence-electron chi connectivity index (χ0n) is 10.3. The molecule has 0 spiro atoms. The first-order valence-electron chi connectivity index (χ1n) is 6.12. The highest BCUT2D eigenvalue weighted by Crippen LogP contribution is 2.16. The molecule has 4 heteroatoms. The van der Waals surface area contributed by atoms with Crippen molar-refractivity contribution in [1.29, 1.82) is 0 Å². The predicted molar refractivity (Wildman–Crippen MR) is 71.7 cm³/mol. The van der Waals surface area contributed by atoms with E-state index in [4.69, 9.17) is 0 Å². The second kappa shape index (κ2) is 5.49. The monoisotopic (exact) mass is 244 g/mol. The number of unbranched alkanes of at least 4 members (excludes halogenated alkanes) is 1. The first kappa shape index (κ1) is 12.4. The molecule has 0 aliphatic carbocycles. The lowest BCUT2D eigenvalue weighted by Crippen LogP contribution is -2.21. The Balaban J connectivity index is 2.28. The number of rotatable bonds is 4. The third kappa shape index (κ3) is 2.97. The van der Waals surface area contributed by atoms with Gasteiger partial charge in [-0.2, -0.15) is 0 Å². The summed E-state index contributed by atoms with van der Waals surface area (Å²) in [4.78, 5) is 27.2. The zero-order valence-corrected chi connectivity index (χ0v) is 10.3. The van der Waals surface area contributed by atoms with Crippen LogP contribution in [-0.4, -0.2) is 9.97 Å². The van der Waals surface area contributed by atoms with Crippen molar-refractivity contribution < 1.29 is 0 Å². The van der Waals surface area contributed by atoms with Crippen LogP contribution in [0.2, 0.25) is 0 Å². The van der Waals surface area contributed by atoms with Gasteiger partial charge in [0.25, 0.3) is 5.56 Å². The van der Waals surface area contributed by atoms with E-state index in [1.807, 2.05) is 24.3 Å². The highest BCUT2D eigenvalue weighted by atomic mass is 16.2. The summed E-state index contributed by atoms with van der Waals surface area (Å²) >= 11 is 0. The molecule has 1 aromatic carbocycles. The molecule has 0 fully saturated rings. The molecule has 2 aromatic rings. The molecule has 0 saturated carbocycles. The number of aromatic nitrogens is 2. The normalized spacial score (nSPS) is 10.5. The molecule has 0 unspecified atom stereocenters. The van der Waals surface area contributed by atoms with Gasteiger partial charge in [0, 0.05) is 6.07 Å². The molecule has 0 aliphatic rings. The number of hydrogen-bond acceptors (Lipinski definition) is 2. The lowest BCUT2D eigenvalue weighted by atomic mass is 10.0. The quantitative estimate of drug-likeness (QED) is 0.864. The van der Waals surface area contributed by atoms with Crippen molar-refractivity contribution in [3.05, 3.63) is 56.7 Å². The number of aromatic amines is 2. The number of nitrogens with one attached hydrogen (secondary N) is 2. The molecule has 18 heavy (non-hydrogen) atoms. The lowest BCUT2D eigenvalue weighted by molar-refractivity contribution is 0.795. The van der Waals surface area contributed by atoms with E-state index < -0.39 is 5.69 Å². The van der Waals surface area contributed by atoms with Gasteiger partial charge in [-0.25, -0.2) is 4.79 Å². The zero-order chi connectivity index (χ0) is 13.0. The Bertz CT molecular complexity index is 595. The van der Waals surface area contributed by atoms with E-state index >= 15 is 0 Å². The van der Waals surface area contributed by atoms with Crippen LogP contribution in [0.25, 0.3) is 11.3 Å². The Hall–Kier alpha value is -2.10. The molecule has 2 rings (SSSR count). The van der Waals surface area contributed by atoms with E-state index in [0.717, 1.165) is 12.0 Å². The fourth-order valence-corrected chi connectivity index (χ4v) is 1.86. The summed E-state index contributed by atoms with van der Waals surface area (Å²) in [6, 6.07) is 9.31. The SMILES string of the molecule is CCCCc1ccc(-c2cc(=O)[nH]c(=O)[nH]2)cc1. The predicted octanol–water partition coefficient (Wildman–Crippen LogP) is 2.07. The molecule has 0 saturated heterocycles. The van der Waals surface area contributed by atoms with Crippen molar-refractivity contribution in [2.75, 3.05) is 0 Å². The average Bonchev–Trinajstić information content (AvgIpc) is 2.36. The number of H-pyrrole nitrogens is 2. The van der Waals surface area contributed by atoms with Crippen LogP contribution >= 0.6 is 0 Å². The summed E-state index contributed by atoms with van der Waals surface area (Å²) in [5.74, 6) is 0. The molecule has 0 amide bonds. The van der Waals surface area contributed by atoms with Gasteiger partial charge < -0.3 is 4.98 Å². The standard InChI is InChI=1S/C14H16N2O2/c1-2-3-4-10-5-7-11(8-6-10)12-9-13(17)16-14(18)15-12/h5-9H,2-4H2,1H3,(H2,15,16,17,18). The van der Waals surface area contributed by atoms with Gasteiger partial charge in [0.15, 0.2) is 0 Å². The maximum atomic E-state index is 11.2. The molecule has 0 atom stereocenters. The van der Waals surface area contributed by atoms with Crippen LogP contribution in [-0.2, 0) is 6.42 Å². The first-order valence-corrected chi connectivity index (χ1v) is 6.12. The summed E-state index contributed by atoms with van der Waals surface area (Å²) in [5, 5.41) is 0. The molecule has 0 aliphatic heterocycles. The highest BCUT2D eigenvalue weighted by molar-refractivity contribution is 5.58. The molecular weight excluding hydrogens is 228 g/mol. The highest BCUT2D eigenvalue weighted by Gasteiger charge is 2.00. The van der Waals surface area contributed by atoms with E-state index in [1.54, 1.807) is 0 Å². The maximum absolute atomic E-state index is 11.2. The molecule has 1 aromatic heterocycles. The minimum absolute atomic E-state index is 0.385. The van der Waals surface area contributed by atoms with Crippen LogP contribution < -0.4 is 11.2 Å². The molecular formula is C14H16N2O2. The van der Waals surface area contributed by atoms with Crippen LogP contribution in [0, 0.1) is 0 Å². The van der Waals surface area contributed by atoms with Gasteiger partial charge in [0.05, 0.1) is 5.69 Å². The summed E-state index contributed by atoms with van der Waals surface area (Å²) in [6.07, 6.45) is 3.40. The van der Waals surface area contributed by atoms with E-state index in [9.17, 15) is 9.59 Å². The van der Waals surface area contributed by atoms with Crippen molar-refractivity contribution in [3.63, 3.8) is 0 Å². The molecule has 4 nitrogen and oxygen atoms in total. The van der Waals surface area contributed by atoms with Gasteiger partial charge in [-0.1, -0.05) is 37.6 Å². The van der Waals surface area contributed by atoms with Crippen molar-refractivity contribution in [2.45, 2.75) is 26.2 Å².